The summed E-state index contributed by atoms with van der Waals surface area (Å²) in [4.78, 5) is 11.3. The minimum atomic E-state index is 0. The monoisotopic (exact) mass is 479 g/mol. The molecule has 1 fully saturated rings. The molecule has 1 aromatic heterocycles. The maximum atomic E-state index is 4.50. The van der Waals surface area contributed by atoms with Crippen molar-refractivity contribution < 1.29 is 0 Å². The lowest BCUT2D eigenvalue weighted by atomic mass is 10.1. The van der Waals surface area contributed by atoms with Gasteiger partial charge in [-0.3, -0.25) is 14.9 Å². The quantitative estimate of drug-likeness (QED) is 0.379. The molecule has 0 saturated carbocycles. The number of hydrogen-bond acceptors (Lipinski definition) is 3. The maximum absolute atomic E-state index is 4.50. The molecule has 1 saturated heterocycles. The zero-order valence-corrected chi connectivity index (χ0v) is 18.6. The summed E-state index contributed by atoms with van der Waals surface area (Å²) in [5.74, 6) is 0.787. The minimum Gasteiger partial charge on any atom is -0.352 e. The average Bonchev–Trinajstić information content (AvgIpc) is 3.16. The molecule has 2 heterocycles. The van der Waals surface area contributed by atoms with Crippen LogP contribution < -0.4 is 10.6 Å². The van der Waals surface area contributed by atoms with Crippen molar-refractivity contribution >= 4 is 29.9 Å². The van der Waals surface area contributed by atoms with Crippen LogP contribution in [0.4, 0.5) is 0 Å². The molecule has 1 aromatic carbocycles. The Balaban J connectivity index is 0.00000261. The van der Waals surface area contributed by atoms with Gasteiger partial charge in [0, 0.05) is 25.8 Å². The number of pyridine rings is 1. The molecular formula is C21H30IN5. The maximum Gasteiger partial charge on any atom is 0.191 e. The van der Waals surface area contributed by atoms with Gasteiger partial charge in [-0.25, -0.2) is 0 Å². The largest absolute Gasteiger partial charge is 0.352 e. The van der Waals surface area contributed by atoms with E-state index in [1.165, 1.54) is 37.1 Å². The molecule has 0 amide bonds. The molecule has 0 spiro atoms. The van der Waals surface area contributed by atoms with Crippen molar-refractivity contribution in [3.63, 3.8) is 0 Å². The third-order valence-corrected chi connectivity index (χ3v) is 4.69. The van der Waals surface area contributed by atoms with Crippen molar-refractivity contribution in [2.45, 2.75) is 39.4 Å². The van der Waals surface area contributed by atoms with Gasteiger partial charge in [0.15, 0.2) is 5.96 Å². The van der Waals surface area contributed by atoms with E-state index >= 15 is 0 Å². The zero-order chi connectivity index (χ0) is 18.2. The number of benzene rings is 1. The van der Waals surface area contributed by atoms with Crippen molar-refractivity contribution in [3.05, 3.63) is 65.0 Å². The van der Waals surface area contributed by atoms with E-state index in [1.807, 2.05) is 25.1 Å². The van der Waals surface area contributed by atoms with Crippen LogP contribution in [0.3, 0.4) is 0 Å². The summed E-state index contributed by atoms with van der Waals surface area (Å²) in [5, 5.41) is 6.68. The van der Waals surface area contributed by atoms with E-state index in [0.717, 1.165) is 30.4 Å². The first kappa shape index (κ1) is 21.6. The van der Waals surface area contributed by atoms with Crippen LogP contribution in [0.5, 0.6) is 0 Å². The fraction of sp³-hybridized carbons (Fsp3) is 0.429. The van der Waals surface area contributed by atoms with Gasteiger partial charge in [-0.2, -0.15) is 0 Å². The van der Waals surface area contributed by atoms with Crippen molar-refractivity contribution in [2.24, 2.45) is 4.99 Å². The van der Waals surface area contributed by atoms with Crippen LogP contribution in [0.15, 0.2) is 47.5 Å². The fourth-order valence-electron chi connectivity index (χ4n) is 3.24. The number of guanidine groups is 1. The van der Waals surface area contributed by atoms with E-state index in [0.29, 0.717) is 6.54 Å². The molecule has 0 unspecified atom stereocenters. The van der Waals surface area contributed by atoms with Crippen molar-refractivity contribution in [2.75, 3.05) is 20.1 Å². The van der Waals surface area contributed by atoms with E-state index in [1.54, 1.807) is 7.05 Å². The zero-order valence-electron chi connectivity index (χ0n) is 16.2. The Morgan fingerprint density at radius 2 is 1.67 bits per heavy atom. The third-order valence-electron chi connectivity index (χ3n) is 4.69. The van der Waals surface area contributed by atoms with Gasteiger partial charge in [0.05, 0.1) is 12.2 Å². The van der Waals surface area contributed by atoms with E-state index in [-0.39, 0.29) is 24.0 Å². The summed E-state index contributed by atoms with van der Waals surface area (Å²) in [7, 11) is 1.79. The highest BCUT2D eigenvalue weighted by Crippen LogP contribution is 2.13. The second kappa shape index (κ2) is 11.2. The molecule has 0 bridgehead atoms. The number of aryl methyl sites for hydroxylation is 1. The van der Waals surface area contributed by atoms with Gasteiger partial charge in [-0.15, -0.1) is 24.0 Å². The Morgan fingerprint density at radius 3 is 2.33 bits per heavy atom. The average molecular weight is 479 g/mol. The minimum absolute atomic E-state index is 0. The van der Waals surface area contributed by atoms with Gasteiger partial charge in [0.25, 0.3) is 0 Å². The number of likely N-dealkylation sites (tertiary alicyclic amines) is 1. The predicted molar refractivity (Wildman–Crippen MR) is 122 cm³/mol. The Labute approximate surface area is 179 Å². The number of halogens is 1. The Hall–Kier alpha value is -1.67. The molecule has 2 aromatic rings. The number of hydrogen-bond donors (Lipinski definition) is 2. The van der Waals surface area contributed by atoms with Crippen LogP contribution in [0, 0.1) is 6.92 Å². The first-order valence-corrected chi connectivity index (χ1v) is 9.40. The summed E-state index contributed by atoms with van der Waals surface area (Å²) < 4.78 is 0. The first-order chi connectivity index (χ1) is 12.7. The molecule has 1 aliphatic rings. The van der Waals surface area contributed by atoms with Crippen LogP contribution in [0.1, 0.15) is 35.4 Å². The van der Waals surface area contributed by atoms with Crippen LogP contribution in [-0.2, 0) is 19.6 Å². The molecule has 6 heteroatoms. The molecule has 3 rings (SSSR count). The topological polar surface area (TPSA) is 52.6 Å². The van der Waals surface area contributed by atoms with Gasteiger partial charge < -0.3 is 10.6 Å². The summed E-state index contributed by atoms with van der Waals surface area (Å²) in [5.41, 5.74) is 4.69. The van der Waals surface area contributed by atoms with Gasteiger partial charge in [-0.05, 0) is 56.1 Å². The molecule has 0 atom stereocenters. The van der Waals surface area contributed by atoms with Crippen LogP contribution in [0.25, 0.3) is 0 Å². The Morgan fingerprint density at radius 1 is 1.00 bits per heavy atom. The van der Waals surface area contributed by atoms with Crippen LogP contribution in [0.2, 0.25) is 0 Å². The Bertz CT molecular complexity index is 724. The summed E-state index contributed by atoms with van der Waals surface area (Å²) >= 11 is 0. The summed E-state index contributed by atoms with van der Waals surface area (Å²) in [6.07, 6.45) is 2.68. The first-order valence-electron chi connectivity index (χ1n) is 9.40. The normalized spacial score (nSPS) is 14.7. The third kappa shape index (κ3) is 7.10. The SMILES string of the molecule is CN=C(NCc1ccc(CN2CCCC2)cc1)NCc1cccc(C)n1.I. The Kier molecular flexibility index (Phi) is 9.00. The number of nitrogens with zero attached hydrogens (tertiary/aromatic N) is 3. The standard InChI is InChI=1S/C21H29N5.HI/c1-17-6-5-7-20(25-17)15-24-21(22-2)23-14-18-8-10-19(11-9-18)16-26-12-3-4-13-26;/h5-11H,3-4,12-16H2,1-2H3,(H2,22,23,24);1H. The van der Waals surface area contributed by atoms with Gasteiger partial charge in [0.1, 0.15) is 0 Å². The van der Waals surface area contributed by atoms with Crippen molar-refractivity contribution in [3.8, 4) is 0 Å². The number of nitrogens with one attached hydrogen (secondary N) is 2. The van der Waals surface area contributed by atoms with E-state index in [4.69, 9.17) is 0 Å². The number of aliphatic imine (C=N–C) groups is 1. The molecule has 27 heavy (non-hydrogen) atoms. The summed E-state index contributed by atoms with van der Waals surface area (Å²) in [6, 6.07) is 14.9. The van der Waals surface area contributed by atoms with E-state index in [9.17, 15) is 0 Å². The van der Waals surface area contributed by atoms with E-state index < -0.39 is 0 Å². The molecule has 0 radical (unpaired) electrons. The van der Waals surface area contributed by atoms with Gasteiger partial charge >= 0.3 is 0 Å². The van der Waals surface area contributed by atoms with Gasteiger partial charge in [0.2, 0.25) is 0 Å². The molecular weight excluding hydrogens is 449 g/mol. The molecule has 146 valence electrons. The highest BCUT2D eigenvalue weighted by Gasteiger charge is 2.11. The molecule has 1 aliphatic heterocycles. The van der Waals surface area contributed by atoms with Crippen LogP contribution in [-0.4, -0.2) is 36.0 Å². The second-order valence-corrected chi connectivity index (χ2v) is 6.85. The van der Waals surface area contributed by atoms with E-state index in [2.05, 4.69) is 49.8 Å². The smallest absolute Gasteiger partial charge is 0.191 e. The van der Waals surface area contributed by atoms with Crippen LogP contribution >= 0.6 is 24.0 Å². The lowest BCUT2D eigenvalue weighted by Gasteiger charge is -2.15. The molecule has 5 nitrogen and oxygen atoms in total. The lowest BCUT2D eigenvalue weighted by Crippen LogP contribution is -2.36. The second-order valence-electron chi connectivity index (χ2n) is 6.85. The predicted octanol–water partition coefficient (Wildman–Crippen LogP) is 3.47. The number of aromatic nitrogens is 1. The van der Waals surface area contributed by atoms with Crippen molar-refractivity contribution in [1.82, 2.24) is 20.5 Å². The summed E-state index contributed by atoms with van der Waals surface area (Å²) in [6.45, 7) is 6.97. The highest BCUT2D eigenvalue weighted by molar-refractivity contribution is 14.0. The molecule has 0 aliphatic carbocycles. The number of rotatable bonds is 6. The van der Waals surface area contributed by atoms with Gasteiger partial charge in [-0.1, -0.05) is 30.3 Å². The lowest BCUT2D eigenvalue weighted by molar-refractivity contribution is 0.331. The fourth-order valence-corrected chi connectivity index (χ4v) is 3.24. The highest BCUT2D eigenvalue weighted by atomic mass is 127. The van der Waals surface area contributed by atoms with Crippen molar-refractivity contribution in [1.29, 1.82) is 0 Å². The molecule has 2 N–H and O–H groups in total.